The van der Waals surface area contributed by atoms with E-state index >= 15 is 0 Å². The van der Waals surface area contributed by atoms with Crippen molar-refractivity contribution in [2.75, 3.05) is 6.54 Å². The third-order valence-corrected chi connectivity index (χ3v) is 6.16. The highest BCUT2D eigenvalue weighted by Crippen LogP contribution is 2.33. The average molecular weight is 367 g/mol. The molecule has 16 heavy (non-hydrogen) atoms. The van der Waals surface area contributed by atoms with Crippen LogP contribution in [-0.4, -0.2) is 23.4 Å². The van der Waals surface area contributed by atoms with E-state index < -0.39 is 0 Å². The molecule has 2 nitrogen and oxygen atoms in total. The quantitative estimate of drug-likeness (QED) is 0.726. The van der Waals surface area contributed by atoms with Crippen molar-refractivity contribution in [1.29, 1.82) is 0 Å². The van der Waals surface area contributed by atoms with Crippen molar-refractivity contribution in [3.8, 4) is 0 Å². The zero-order valence-electron chi connectivity index (χ0n) is 9.00. The van der Waals surface area contributed by atoms with Crippen LogP contribution in [-0.2, 0) is 0 Å². The maximum Gasteiger partial charge on any atom is 0.264 e. The van der Waals surface area contributed by atoms with Crippen LogP contribution < -0.4 is 0 Å². The molecule has 0 aliphatic carbocycles. The monoisotopic (exact) mass is 365 g/mol. The molecule has 0 spiro atoms. The molecule has 1 aliphatic heterocycles. The van der Waals surface area contributed by atoms with Crippen molar-refractivity contribution < 1.29 is 4.79 Å². The van der Waals surface area contributed by atoms with E-state index in [2.05, 4.69) is 38.8 Å². The molecule has 1 aromatic heterocycles. The summed E-state index contributed by atoms with van der Waals surface area (Å²) < 4.78 is 1.95. The Kier molecular flexibility index (Phi) is 4.08. The highest BCUT2D eigenvalue weighted by atomic mass is 79.9. The van der Waals surface area contributed by atoms with E-state index in [1.165, 1.54) is 17.8 Å². The van der Waals surface area contributed by atoms with Crippen LogP contribution >= 0.6 is 43.2 Å². The first-order valence-electron chi connectivity index (χ1n) is 5.35. The first-order valence-corrected chi connectivity index (χ1v) is 7.75. The van der Waals surface area contributed by atoms with Crippen LogP contribution in [0.3, 0.4) is 0 Å². The first-order chi connectivity index (χ1) is 7.59. The summed E-state index contributed by atoms with van der Waals surface area (Å²) in [6.45, 7) is 3.03. The first kappa shape index (κ1) is 12.6. The van der Waals surface area contributed by atoms with Gasteiger partial charge in [-0.05, 0) is 64.1 Å². The van der Waals surface area contributed by atoms with E-state index in [9.17, 15) is 4.79 Å². The fraction of sp³-hybridized carbons (Fsp3) is 0.545. The maximum absolute atomic E-state index is 12.3. The van der Waals surface area contributed by atoms with Gasteiger partial charge in [-0.3, -0.25) is 4.79 Å². The van der Waals surface area contributed by atoms with Gasteiger partial charge in [0.05, 0.1) is 8.66 Å². The number of piperidine rings is 1. The lowest BCUT2D eigenvalue weighted by atomic mass is 10.0. The molecule has 1 aromatic rings. The number of nitrogens with zero attached hydrogens (tertiary/aromatic N) is 1. The number of rotatable bonds is 1. The lowest BCUT2D eigenvalue weighted by Gasteiger charge is -2.33. The summed E-state index contributed by atoms with van der Waals surface area (Å²) in [4.78, 5) is 15.1. The van der Waals surface area contributed by atoms with Gasteiger partial charge in [0.1, 0.15) is 0 Å². The van der Waals surface area contributed by atoms with Gasteiger partial charge in [0.2, 0.25) is 0 Å². The van der Waals surface area contributed by atoms with Crippen LogP contribution in [0, 0.1) is 0 Å². The summed E-state index contributed by atoms with van der Waals surface area (Å²) in [5, 5.41) is 0. The third kappa shape index (κ3) is 2.51. The fourth-order valence-electron chi connectivity index (χ4n) is 1.99. The minimum Gasteiger partial charge on any atom is -0.335 e. The van der Waals surface area contributed by atoms with Gasteiger partial charge in [-0.15, -0.1) is 11.3 Å². The van der Waals surface area contributed by atoms with E-state index in [0.717, 1.165) is 32.5 Å². The molecule has 0 bridgehead atoms. The third-order valence-electron chi connectivity index (χ3n) is 2.92. The van der Waals surface area contributed by atoms with Gasteiger partial charge in [0, 0.05) is 17.1 Å². The van der Waals surface area contributed by atoms with Gasteiger partial charge < -0.3 is 4.90 Å². The van der Waals surface area contributed by atoms with Crippen molar-refractivity contribution in [2.45, 2.75) is 32.2 Å². The van der Waals surface area contributed by atoms with Crippen LogP contribution in [0.5, 0.6) is 0 Å². The molecule has 1 fully saturated rings. The molecule has 5 heteroatoms. The Morgan fingerprint density at radius 3 is 2.81 bits per heavy atom. The summed E-state index contributed by atoms with van der Waals surface area (Å²) in [7, 11) is 0. The van der Waals surface area contributed by atoms with Gasteiger partial charge in [-0.1, -0.05) is 0 Å². The van der Waals surface area contributed by atoms with Gasteiger partial charge in [0.25, 0.3) is 5.91 Å². The maximum atomic E-state index is 12.3. The second-order valence-electron chi connectivity index (χ2n) is 4.08. The van der Waals surface area contributed by atoms with Crippen molar-refractivity contribution in [1.82, 2.24) is 4.90 Å². The SMILES string of the molecule is C[C@@H]1CCCCN1C(=O)c1cc(Br)c(Br)s1. The van der Waals surface area contributed by atoms with Crippen LogP contribution in [0.15, 0.2) is 14.3 Å². The molecule has 0 aromatic carbocycles. The topological polar surface area (TPSA) is 20.3 Å². The number of hydrogen-bond donors (Lipinski definition) is 0. The molecule has 0 unspecified atom stereocenters. The van der Waals surface area contributed by atoms with Crippen molar-refractivity contribution in [3.05, 3.63) is 19.2 Å². The molecule has 1 amide bonds. The Bertz CT molecular complexity index is 385. The summed E-state index contributed by atoms with van der Waals surface area (Å²) in [6.07, 6.45) is 3.49. The van der Waals surface area contributed by atoms with E-state index in [4.69, 9.17) is 0 Å². The average Bonchev–Trinajstić information content (AvgIpc) is 2.59. The summed E-state index contributed by atoms with van der Waals surface area (Å²) in [5.74, 6) is 0.170. The standard InChI is InChI=1S/C11H13Br2NOS/c1-7-4-2-3-5-14(7)11(15)9-6-8(12)10(13)16-9/h6-7H,2-5H2,1H3/t7-/m1/s1. The Labute approximate surface area is 116 Å². The van der Waals surface area contributed by atoms with Crippen molar-refractivity contribution >= 4 is 49.1 Å². The largest absolute Gasteiger partial charge is 0.335 e. The molecule has 0 saturated carbocycles. The van der Waals surface area contributed by atoms with Crippen LogP contribution in [0.2, 0.25) is 0 Å². The molecule has 2 rings (SSSR count). The molecular formula is C11H13Br2NOS. The smallest absolute Gasteiger partial charge is 0.264 e. The Morgan fingerprint density at radius 2 is 2.25 bits per heavy atom. The van der Waals surface area contributed by atoms with E-state index in [1.54, 1.807) is 0 Å². The van der Waals surface area contributed by atoms with Gasteiger partial charge >= 0.3 is 0 Å². The van der Waals surface area contributed by atoms with E-state index in [-0.39, 0.29) is 5.91 Å². The van der Waals surface area contributed by atoms with Gasteiger partial charge in [0.15, 0.2) is 0 Å². The number of thiophene rings is 1. The fourth-order valence-corrected chi connectivity index (χ4v) is 3.99. The predicted octanol–water partition coefficient (Wildman–Crippen LogP) is 4.29. The van der Waals surface area contributed by atoms with Crippen LogP contribution in [0.4, 0.5) is 0 Å². The van der Waals surface area contributed by atoms with Crippen molar-refractivity contribution in [2.24, 2.45) is 0 Å². The predicted molar refractivity (Wildman–Crippen MR) is 74.1 cm³/mol. The highest BCUT2D eigenvalue weighted by molar-refractivity contribution is 9.13. The number of hydrogen-bond acceptors (Lipinski definition) is 2. The van der Waals surface area contributed by atoms with Gasteiger partial charge in [-0.25, -0.2) is 0 Å². The Balaban J connectivity index is 2.17. The van der Waals surface area contributed by atoms with Crippen LogP contribution in [0.1, 0.15) is 35.9 Å². The molecule has 1 aliphatic rings. The zero-order valence-corrected chi connectivity index (χ0v) is 13.0. The van der Waals surface area contributed by atoms with E-state index in [1.807, 2.05) is 11.0 Å². The summed E-state index contributed by atoms with van der Waals surface area (Å²) in [6, 6.07) is 2.28. The minimum absolute atomic E-state index is 0.170. The second-order valence-corrected chi connectivity index (χ2v) is 7.30. The molecule has 0 N–H and O–H groups in total. The van der Waals surface area contributed by atoms with Crippen molar-refractivity contribution in [3.63, 3.8) is 0 Å². The Hall–Kier alpha value is 0.130. The number of carbonyl (C=O) groups is 1. The Morgan fingerprint density at radius 1 is 1.50 bits per heavy atom. The second kappa shape index (κ2) is 5.19. The number of amides is 1. The minimum atomic E-state index is 0.170. The summed E-state index contributed by atoms with van der Waals surface area (Å²) >= 11 is 8.34. The van der Waals surface area contributed by atoms with Gasteiger partial charge in [-0.2, -0.15) is 0 Å². The molecule has 1 saturated heterocycles. The summed E-state index contributed by atoms with van der Waals surface area (Å²) in [5.41, 5.74) is 0. The number of likely N-dealkylation sites (tertiary alicyclic amines) is 1. The lowest BCUT2D eigenvalue weighted by Crippen LogP contribution is -2.41. The lowest BCUT2D eigenvalue weighted by molar-refractivity contribution is 0.0640. The normalized spacial score (nSPS) is 21.2. The van der Waals surface area contributed by atoms with E-state index in [0.29, 0.717) is 6.04 Å². The van der Waals surface area contributed by atoms with Crippen LogP contribution in [0.25, 0.3) is 0 Å². The zero-order chi connectivity index (χ0) is 11.7. The molecule has 88 valence electrons. The molecule has 0 radical (unpaired) electrons. The number of halogens is 2. The number of carbonyl (C=O) groups excluding carboxylic acids is 1. The molecule has 1 atom stereocenters. The molecular weight excluding hydrogens is 354 g/mol. The molecule has 2 heterocycles. The highest BCUT2D eigenvalue weighted by Gasteiger charge is 2.25.